The van der Waals surface area contributed by atoms with Crippen molar-refractivity contribution in [2.24, 2.45) is 0 Å². The van der Waals surface area contributed by atoms with Crippen LogP contribution in [0.3, 0.4) is 0 Å². The highest BCUT2D eigenvalue weighted by Gasteiger charge is 2.24. The van der Waals surface area contributed by atoms with Gasteiger partial charge in [0, 0.05) is 11.6 Å². The largest absolute Gasteiger partial charge is 0.370 e. The molecule has 1 aromatic carbocycles. The molecule has 0 N–H and O–H groups in total. The van der Waals surface area contributed by atoms with Crippen molar-refractivity contribution in [2.45, 2.75) is 6.10 Å². The molecule has 1 heterocycles. The van der Waals surface area contributed by atoms with Gasteiger partial charge in [0.1, 0.15) is 12.0 Å². The first-order valence-corrected chi connectivity index (χ1v) is 6.33. The van der Waals surface area contributed by atoms with E-state index in [4.69, 9.17) is 27.9 Å². The van der Waals surface area contributed by atoms with Gasteiger partial charge in [0.15, 0.2) is 0 Å². The van der Waals surface area contributed by atoms with Crippen molar-refractivity contribution in [3.8, 4) is 0 Å². The zero-order valence-electron chi connectivity index (χ0n) is 9.23. The van der Waals surface area contributed by atoms with Crippen molar-refractivity contribution in [1.82, 2.24) is 4.90 Å². The van der Waals surface area contributed by atoms with Gasteiger partial charge < -0.3 is 9.64 Å². The summed E-state index contributed by atoms with van der Waals surface area (Å²) in [5.74, 6) is -0.0261. The summed E-state index contributed by atoms with van der Waals surface area (Å²) in [7, 11) is 0. The number of rotatable bonds is 2. The molecule has 1 aliphatic rings. The van der Waals surface area contributed by atoms with E-state index < -0.39 is 0 Å². The monoisotopic (exact) mass is 273 g/mol. The maximum Gasteiger partial charge on any atom is 0.237 e. The van der Waals surface area contributed by atoms with Crippen LogP contribution < -0.4 is 0 Å². The highest BCUT2D eigenvalue weighted by molar-refractivity contribution is 6.30. The molecule has 1 saturated heterocycles. The van der Waals surface area contributed by atoms with Crippen LogP contribution in [0.25, 0.3) is 0 Å². The highest BCUT2D eigenvalue weighted by Crippen LogP contribution is 2.23. The number of hydrogen-bond acceptors (Lipinski definition) is 2. The van der Waals surface area contributed by atoms with Gasteiger partial charge in [-0.1, -0.05) is 23.7 Å². The molecule has 1 atom stereocenters. The van der Waals surface area contributed by atoms with E-state index in [9.17, 15) is 4.79 Å². The van der Waals surface area contributed by atoms with Crippen LogP contribution in [-0.4, -0.2) is 36.4 Å². The van der Waals surface area contributed by atoms with Crippen LogP contribution in [0.2, 0.25) is 5.02 Å². The van der Waals surface area contributed by atoms with Crippen LogP contribution in [0.1, 0.15) is 11.7 Å². The van der Waals surface area contributed by atoms with Gasteiger partial charge in [-0.3, -0.25) is 4.79 Å². The first-order chi connectivity index (χ1) is 8.20. The molecule has 1 unspecified atom stereocenters. The van der Waals surface area contributed by atoms with Crippen molar-refractivity contribution in [3.05, 3.63) is 34.9 Å². The molecule has 0 aliphatic carbocycles. The molecule has 1 fully saturated rings. The lowest BCUT2D eigenvalue weighted by Gasteiger charge is -2.32. The van der Waals surface area contributed by atoms with Gasteiger partial charge in [-0.25, -0.2) is 0 Å². The first-order valence-electron chi connectivity index (χ1n) is 5.41. The Balaban J connectivity index is 2.06. The van der Waals surface area contributed by atoms with Crippen LogP contribution in [-0.2, 0) is 9.53 Å². The fourth-order valence-electron chi connectivity index (χ4n) is 1.84. The zero-order valence-corrected chi connectivity index (χ0v) is 10.7. The van der Waals surface area contributed by atoms with Crippen LogP contribution in [0.15, 0.2) is 24.3 Å². The van der Waals surface area contributed by atoms with Gasteiger partial charge >= 0.3 is 0 Å². The molecule has 1 aromatic rings. The standard InChI is InChI=1S/C12H13Cl2NO2/c13-7-12(16)15-5-6-17-11(8-15)9-1-3-10(14)4-2-9/h1-4,11H,5-8H2. The number of alkyl halides is 1. The van der Waals surface area contributed by atoms with Gasteiger partial charge in [-0.15, -0.1) is 11.6 Å². The number of hydrogen-bond donors (Lipinski definition) is 0. The summed E-state index contributed by atoms with van der Waals surface area (Å²) in [6.45, 7) is 1.69. The van der Waals surface area contributed by atoms with E-state index in [0.29, 0.717) is 24.7 Å². The molecule has 1 aliphatic heterocycles. The number of morpholine rings is 1. The minimum absolute atomic E-state index is 0.0212. The Labute approximate surface area is 110 Å². The Hall–Kier alpha value is -0.770. The zero-order chi connectivity index (χ0) is 12.3. The molecule has 0 spiro atoms. The minimum atomic E-state index is -0.0896. The number of benzene rings is 1. The molecule has 0 aromatic heterocycles. The summed E-state index contributed by atoms with van der Waals surface area (Å²) >= 11 is 11.4. The molecule has 0 bridgehead atoms. The quantitative estimate of drug-likeness (QED) is 0.775. The molecule has 5 heteroatoms. The van der Waals surface area contributed by atoms with Crippen molar-refractivity contribution in [2.75, 3.05) is 25.6 Å². The van der Waals surface area contributed by atoms with Crippen molar-refractivity contribution in [1.29, 1.82) is 0 Å². The normalized spacial score (nSPS) is 20.4. The fourth-order valence-corrected chi connectivity index (χ4v) is 2.13. The predicted molar refractivity (Wildman–Crippen MR) is 67.4 cm³/mol. The summed E-state index contributed by atoms with van der Waals surface area (Å²) in [6.07, 6.45) is -0.0896. The molecule has 92 valence electrons. The van der Waals surface area contributed by atoms with Gasteiger partial charge in [0.05, 0.1) is 13.2 Å². The van der Waals surface area contributed by atoms with Crippen LogP contribution in [0.5, 0.6) is 0 Å². The van der Waals surface area contributed by atoms with E-state index >= 15 is 0 Å². The summed E-state index contributed by atoms with van der Waals surface area (Å²) in [5.41, 5.74) is 1.03. The van der Waals surface area contributed by atoms with Crippen molar-refractivity contribution in [3.63, 3.8) is 0 Å². The van der Waals surface area contributed by atoms with E-state index in [1.807, 2.05) is 24.3 Å². The summed E-state index contributed by atoms with van der Waals surface area (Å²) in [4.78, 5) is 13.2. The third-order valence-electron chi connectivity index (χ3n) is 2.78. The summed E-state index contributed by atoms with van der Waals surface area (Å²) < 4.78 is 5.65. The summed E-state index contributed by atoms with van der Waals surface area (Å²) in [5, 5.41) is 0.693. The van der Waals surface area contributed by atoms with E-state index in [0.717, 1.165) is 5.56 Å². The molecule has 2 rings (SSSR count). The molecule has 0 radical (unpaired) electrons. The number of halogens is 2. The predicted octanol–water partition coefficient (Wildman–Crippen LogP) is 2.48. The maximum atomic E-state index is 11.5. The van der Waals surface area contributed by atoms with Crippen molar-refractivity contribution >= 4 is 29.1 Å². The molecule has 3 nitrogen and oxygen atoms in total. The molecular formula is C12H13Cl2NO2. The third-order valence-corrected chi connectivity index (χ3v) is 3.26. The lowest BCUT2D eigenvalue weighted by molar-refractivity contribution is -0.136. The topological polar surface area (TPSA) is 29.5 Å². The Morgan fingerprint density at radius 3 is 2.76 bits per heavy atom. The van der Waals surface area contributed by atoms with Gasteiger partial charge in [-0.05, 0) is 17.7 Å². The van der Waals surface area contributed by atoms with Crippen LogP contribution in [0, 0.1) is 0 Å². The highest BCUT2D eigenvalue weighted by atomic mass is 35.5. The minimum Gasteiger partial charge on any atom is -0.370 e. The number of nitrogens with zero attached hydrogens (tertiary/aromatic N) is 1. The van der Waals surface area contributed by atoms with E-state index in [1.165, 1.54) is 0 Å². The van der Waals surface area contributed by atoms with Crippen LogP contribution >= 0.6 is 23.2 Å². The van der Waals surface area contributed by atoms with Gasteiger partial charge in [0.2, 0.25) is 5.91 Å². The smallest absolute Gasteiger partial charge is 0.237 e. The maximum absolute atomic E-state index is 11.5. The Bertz CT molecular complexity index is 394. The number of carbonyl (C=O) groups excluding carboxylic acids is 1. The SMILES string of the molecule is O=C(CCl)N1CCOC(c2ccc(Cl)cc2)C1. The first kappa shape index (κ1) is 12.7. The second-order valence-electron chi connectivity index (χ2n) is 3.88. The number of ether oxygens (including phenoxy) is 1. The van der Waals surface area contributed by atoms with E-state index in [1.54, 1.807) is 4.90 Å². The Morgan fingerprint density at radius 2 is 2.12 bits per heavy atom. The van der Waals surface area contributed by atoms with Crippen molar-refractivity contribution < 1.29 is 9.53 Å². The van der Waals surface area contributed by atoms with E-state index in [-0.39, 0.29) is 17.9 Å². The summed E-state index contributed by atoms with van der Waals surface area (Å²) in [6, 6.07) is 7.48. The number of carbonyl (C=O) groups is 1. The molecular weight excluding hydrogens is 261 g/mol. The average molecular weight is 274 g/mol. The molecule has 17 heavy (non-hydrogen) atoms. The van der Waals surface area contributed by atoms with Gasteiger partial charge in [0.25, 0.3) is 0 Å². The average Bonchev–Trinajstić information content (AvgIpc) is 2.39. The number of amides is 1. The molecule has 1 amide bonds. The fraction of sp³-hybridized carbons (Fsp3) is 0.417. The van der Waals surface area contributed by atoms with E-state index in [2.05, 4.69) is 0 Å². The van der Waals surface area contributed by atoms with Gasteiger partial charge in [-0.2, -0.15) is 0 Å². The Kier molecular flexibility index (Phi) is 4.26. The van der Waals surface area contributed by atoms with Crippen LogP contribution in [0.4, 0.5) is 0 Å². The lowest BCUT2D eigenvalue weighted by atomic mass is 10.1. The third kappa shape index (κ3) is 3.12. The molecule has 0 saturated carbocycles. The Morgan fingerprint density at radius 1 is 1.41 bits per heavy atom. The second-order valence-corrected chi connectivity index (χ2v) is 4.59. The lowest BCUT2D eigenvalue weighted by Crippen LogP contribution is -2.42. The second kappa shape index (κ2) is 5.71.